The second-order valence-corrected chi connectivity index (χ2v) is 0.983. The van der Waals surface area contributed by atoms with Gasteiger partial charge in [0.15, 0.2) is 0 Å². The van der Waals surface area contributed by atoms with Crippen LogP contribution in [0.2, 0.25) is 0 Å². The molecule has 0 atom stereocenters. The molecule has 0 spiro atoms. The van der Waals surface area contributed by atoms with Gasteiger partial charge in [-0.3, -0.25) is 0 Å². The van der Waals surface area contributed by atoms with Gasteiger partial charge < -0.3 is 30.8 Å². The SMILES string of the molecule is CC(=O)[O-].CC(=O)[O-].O.O.[Ba+2]. The number of carbonyl (C=O) groups excluding carboxylic acids is 2. The average molecular weight is 291 g/mol. The predicted octanol–water partition coefficient (Wildman–Crippen LogP) is -4.52. The summed E-state index contributed by atoms with van der Waals surface area (Å²) in [5.41, 5.74) is 0. The number of carbonyl (C=O) groups is 2. The van der Waals surface area contributed by atoms with Crippen LogP contribution in [0.25, 0.3) is 0 Å². The summed E-state index contributed by atoms with van der Waals surface area (Å²) in [6, 6.07) is 0. The third-order valence-electron chi connectivity index (χ3n) is 0. The van der Waals surface area contributed by atoms with E-state index in [1.54, 1.807) is 0 Å². The van der Waals surface area contributed by atoms with Crippen molar-refractivity contribution in [2.24, 2.45) is 0 Å². The van der Waals surface area contributed by atoms with Crippen molar-refractivity contribution >= 4 is 60.8 Å². The van der Waals surface area contributed by atoms with Crippen LogP contribution in [0.15, 0.2) is 0 Å². The maximum Gasteiger partial charge on any atom is 2.00 e. The molecule has 11 heavy (non-hydrogen) atoms. The first kappa shape index (κ1) is 30.1. The first-order valence-corrected chi connectivity index (χ1v) is 1.82. The van der Waals surface area contributed by atoms with Gasteiger partial charge >= 0.3 is 48.9 Å². The molecule has 0 saturated heterocycles. The van der Waals surface area contributed by atoms with E-state index in [4.69, 9.17) is 19.8 Å². The maximum atomic E-state index is 8.89. The minimum absolute atomic E-state index is 0. The zero-order valence-corrected chi connectivity index (χ0v) is 10.8. The Kier molecular flexibility index (Phi) is 61.3. The van der Waals surface area contributed by atoms with E-state index in [-0.39, 0.29) is 59.8 Å². The molecular weight excluding hydrogens is 281 g/mol. The molecule has 0 aromatic carbocycles. The Balaban J connectivity index is -0.0000000171. The van der Waals surface area contributed by atoms with E-state index in [1.165, 1.54) is 0 Å². The standard InChI is InChI=1S/2C2H4O2.Ba.2H2O/c2*1-2(3)4;;;/h2*1H3,(H,3,4);;2*1H2/q;;+2;;/p-2. The van der Waals surface area contributed by atoms with E-state index >= 15 is 0 Å². The first-order valence-electron chi connectivity index (χ1n) is 1.82. The van der Waals surface area contributed by atoms with Crippen molar-refractivity contribution in [1.29, 1.82) is 0 Å². The average Bonchev–Trinajstić information content (AvgIpc) is 1.25. The molecule has 64 valence electrons. The molecule has 0 saturated carbocycles. The van der Waals surface area contributed by atoms with Gasteiger partial charge in [0, 0.05) is 11.9 Å². The molecule has 0 unspecified atom stereocenters. The normalized spacial score (nSPS) is 4.55. The molecule has 0 amide bonds. The third kappa shape index (κ3) is 3980. The van der Waals surface area contributed by atoms with E-state index in [0.29, 0.717) is 0 Å². The van der Waals surface area contributed by atoms with Gasteiger partial charge in [0.1, 0.15) is 0 Å². The van der Waals surface area contributed by atoms with E-state index in [0.717, 1.165) is 13.8 Å². The Morgan fingerprint density at radius 3 is 0.909 bits per heavy atom. The summed E-state index contributed by atoms with van der Waals surface area (Å²) in [6.45, 7) is 1.94. The van der Waals surface area contributed by atoms with Crippen LogP contribution in [0, 0.1) is 0 Å². The molecule has 6 nitrogen and oxygen atoms in total. The third-order valence-corrected chi connectivity index (χ3v) is 0. The zero-order valence-electron chi connectivity index (χ0n) is 6.34. The number of hydrogen-bond acceptors (Lipinski definition) is 4. The van der Waals surface area contributed by atoms with Gasteiger partial charge in [-0.15, -0.1) is 0 Å². The van der Waals surface area contributed by atoms with Crippen molar-refractivity contribution in [3.8, 4) is 0 Å². The van der Waals surface area contributed by atoms with Crippen molar-refractivity contribution in [3.63, 3.8) is 0 Å². The van der Waals surface area contributed by atoms with Gasteiger partial charge in [0.05, 0.1) is 0 Å². The molecule has 0 aromatic rings. The number of hydrogen-bond donors (Lipinski definition) is 0. The second-order valence-electron chi connectivity index (χ2n) is 0.983. The summed E-state index contributed by atoms with van der Waals surface area (Å²) >= 11 is 0. The van der Waals surface area contributed by atoms with Gasteiger partial charge in [-0.25, -0.2) is 0 Å². The van der Waals surface area contributed by atoms with E-state index in [9.17, 15) is 0 Å². The van der Waals surface area contributed by atoms with Crippen LogP contribution in [0.1, 0.15) is 13.8 Å². The van der Waals surface area contributed by atoms with Crippen LogP contribution < -0.4 is 10.2 Å². The van der Waals surface area contributed by atoms with E-state index < -0.39 is 11.9 Å². The largest absolute Gasteiger partial charge is 2.00 e. The van der Waals surface area contributed by atoms with Gasteiger partial charge in [-0.2, -0.15) is 0 Å². The summed E-state index contributed by atoms with van der Waals surface area (Å²) in [6.07, 6.45) is 0. The van der Waals surface area contributed by atoms with Gasteiger partial charge in [0.2, 0.25) is 0 Å². The molecule has 0 heterocycles. The topological polar surface area (TPSA) is 143 Å². The fourth-order valence-electron chi connectivity index (χ4n) is 0. The summed E-state index contributed by atoms with van der Waals surface area (Å²) in [7, 11) is 0. The fourth-order valence-corrected chi connectivity index (χ4v) is 0. The minimum atomic E-state index is -1.08. The number of rotatable bonds is 0. The molecule has 0 rings (SSSR count). The number of carboxylic acids is 2. The quantitative estimate of drug-likeness (QED) is 0.414. The van der Waals surface area contributed by atoms with E-state index in [1.807, 2.05) is 0 Å². The molecular formula is C4H10BaO6. The molecule has 0 bridgehead atoms. The minimum Gasteiger partial charge on any atom is -0.550 e. The van der Waals surface area contributed by atoms with Gasteiger partial charge in [-0.1, -0.05) is 0 Å². The van der Waals surface area contributed by atoms with Gasteiger partial charge in [-0.05, 0) is 13.8 Å². The molecule has 0 fully saturated rings. The summed E-state index contributed by atoms with van der Waals surface area (Å²) in [5.74, 6) is -2.17. The Hall–Kier alpha value is 0.431. The Morgan fingerprint density at radius 1 is 0.909 bits per heavy atom. The first-order chi connectivity index (χ1) is 3.46. The fraction of sp³-hybridized carbons (Fsp3) is 0.500. The maximum absolute atomic E-state index is 8.89. The number of carboxylic acid groups (broad SMARTS) is 2. The Morgan fingerprint density at radius 2 is 0.909 bits per heavy atom. The van der Waals surface area contributed by atoms with Crippen molar-refractivity contribution < 1.29 is 30.8 Å². The van der Waals surface area contributed by atoms with Crippen LogP contribution >= 0.6 is 0 Å². The second kappa shape index (κ2) is 22.4. The van der Waals surface area contributed by atoms with Crippen molar-refractivity contribution in [2.75, 3.05) is 0 Å². The van der Waals surface area contributed by atoms with Crippen LogP contribution in [-0.4, -0.2) is 71.8 Å². The predicted molar refractivity (Wildman–Crippen MR) is 34.3 cm³/mol. The molecule has 7 heteroatoms. The summed E-state index contributed by atoms with van der Waals surface area (Å²) < 4.78 is 0. The smallest absolute Gasteiger partial charge is 0.550 e. The molecule has 0 radical (unpaired) electrons. The van der Waals surface area contributed by atoms with Crippen LogP contribution in [0.4, 0.5) is 0 Å². The van der Waals surface area contributed by atoms with Crippen LogP contribution in [-0.2, 0) is 9.59 Å². The van der Waals surface area contributed by atoms with Crippen molar-refractivity contribution in [3.05, 3.63) is 0 Å². The van der Waals surface area contributed by atoms with E-state index in [2.05, 4.69) is 0 Å². The molecule has 0 aliphatic heterocycles. The van der Waals surface area contributed by atoms with Crippen LogP contribution in [0.5, 0.6) is 0 Å². The molecule has 0 aliphatic rings. The molecule has 0 aromatic heterocycles. The Bertz CT molecular complexity index is 72.6. The molecule has 4 N–H and O–H groups in total. The van der Waals surface area contributed by atoms with Crippen molar-refractivity contribution in [2.45, 2.75) is 13.8 Å². The Labute approximate surface area is 104 Å². The number of aliphatic carboxylic acids is 2. The van der Waals surface area contributed by atoms with Gasteiger partial charge in [0.25, 0.3) is 0 Å². The molecule has 0 aliphatic carbocycles. The summed E-state index contributed by atoms with van der Waals surface area (Å²) in [5, 5.41) is 17.8. The van der Waals surface area contributed by atoms with Crippen molar-refractivity contribution in [1.82, 2.24) is 0 Å². The zero-order chi connectivity index (χ0) is 7.15. The monoisotopic (exact) mass is 292 g/mol. The van der Waals surface area contributed by atoms with Crippen LogP contribution in [0.3, 0.4) is 0 Å². The summed E-state index contributed by atoms with van der Waals surface area (Å²) in [4.78, 5) is 17.8.